The molecule has 1 aliphatic carbocycles. The van der Waals surface area contributed by atoms with Crippen LogP contribution < -0.4 is 5.49 Å². The molecule has 2 aromatic rings. The first-order valence-electron chi connectivity index (χ1n) is 7.87. The monoisotopic (exact) mass is 352 g/mol. The van der Waals surface area contributed by atoms with Gasteiger partial charge >= 0.3 is 6.18 Å². The maximum atomic E-state index is 14.1. The van der Waals surface area contributed by atoms with Crippen molar-refractivity contribution in [2.45, 2.75) is 32.5 Å². The average molecular weight is 352 g/mol. The second kappa shape index (κ2) is 6.46. The summed E-state index contributed by atoms with van der Waals surface area (Å²) in [5.41, 5.74) is -0.881. The van der Waals surface area contributed by atoms with Crippen LogP contribution in [0.25, 0.3) is 0 Å². The molecule has 0 aliphatic heterocycles. The van der Waals surface area contributed by atoms with E-state index in [1.54, 1.807) is 16.7 Å². The summed E-state index contributed by atoms with van der Waals surface area (Å²) < 4.78 is 54.3. The van der Waals surface area contributed by atoms with Gasteiger partial charge in [0, 0.05) is 12.7 Å². The lowest BCUT2D eigenvalue weighted by Crippen LogP contribution is -2.23. The highest BCUT2D eigenvalue weighted by atomic mass is 19.4. The molecule has 132 valence electrons. The van der Waals surface area contributed by atoms with Gasteiger partial charge in [0.25, 0.3) is 5.91 Å². The zero-order valence-corrected chi connectivity index (χ0v) is 13.5. The van der Waals surface area contributed by atoms with E-state index in [0.29, 0.717) is 24.0 Å². The van der Waals surface area contributed by atoms with E-state index in [1.807, 2.05) is 13.1 Å². The van der Waals surface area contributed by atoms with Crippen LogP contribution in [-0.4, -0.2) is 10.5 Å². The van der Waals surface area contributed by atoms with E-state index >= 15 is 0 Å². The SMILES string of the molecule is Cc1ccc(=NC(=O)c2cccc(C(F)(F)F)c2F)n(CC2CC2)c1. The van der Waals surface area contributed by atoms with Gasteiger partial charge < -0.3 is 4.57 Å². The van der Waals surface area contributed by atoms with Crippen LogP contribution in [0.5, 0.6) is 0 Å². The molecule has 1 aromatic carbocycles. The minimum Gasteiger partial charge on any atom is -0.332 e. The summed E-state index contributed by atoms with van der Waals surface area (Å²) in [5, 5.41) is 0. The van der Waals surface area contributed by atoms with Crippen LogP contribution in [0.15, 0.2) is 41.5 Å². The largest absolute Gasteiger partial charge is 0.419 e. The Morgan fingerprint density at radius 2 is 1.96 bits per heavy atom. The molecule has 1 amide bonds. The molecule has 0 atom stereocenters. The summed E-state index contributed by atoms with van der Waals surface area (Å²) in [6.45, 7) is 2.57. The zero-order chi connectivity index (χ0) is 18.2. The van der Waals surface area contributed by atoms with E-state index in [9.17, 15) is 22.4 Å². The van der Waals surface area contributed by atoms with Gasteiger partial charge in [0.05, 0.1) is 11.1 Å². The van der Waals surface area contributed by atoms with Crippen molar-refractivity contribution < 1.29 is 22.4 Å². The molecule has 1 aliphatic rings. The lowest BCUT2D eigenvalue weighted by atomic mass is 10.1. The molecule has 1 saturated carbocycles. The number of pyridine rings is 1. The molecule has 0 unspecified atom stereocenters. The topological polar surface area (TPSA) is 34.4 Å². The lowest BCUT2D eigenvalue weighted by Gasteiger charge is -2.10. The average Bonchev–Trinajstić information content (AvgIpc) is 3.33. The number of hydrogen-bond acceptors (Lipinski definition) is 1. The molecule has 0 spiro atoms. The molecule has 7 heteroatoms. The summed E-state index contributed by atoms with van der Waals surface area (Å²) in [5.74, 6) is -2.11. The van der Waals surface area contributed by atoms with Crippen molar-refractivity contribution in [1.82, 2.24) is 4.57 Å². The normalized spacial score (nSPS) is 15.5. The van der Waals surface area contributed by atoms with Gasteiger partial charge in [-0.3, -0.25) is 4.79 Å². The van der Waals surface area contributed by atoms with E-state index in [0.717, 1.165) is 30.5 Å². The van der Waals surface area contributed by atoms with Crippen molar-refractivity contribution in [3.63, 3.8) is 0 Å². The van der Waals surface area contributed by atoms with Gasteiger partial charge in [-0.1, -0.05) is 12.1 Å². The smallest absolute Gasteiger partial charge is 0.332 e. The second-order valence-corrected chi connectivity index (χ2v) is 6.24. The predicted octanol–water partition coefficient (Wildman–Crippen LogP) is 4.11. The number of amides is 1. The van der Waals surface area contributed by atoms with E-state index in [2.05, 4.69) is 4.99 Å². The summed E-state index contributed by atoms with van der Waals surface area (Å²) >= 11 is 0. The minimum atomic E-state index is -4.86. The number of carbonyl (C=O) groups excluding carboxylic acids is 1. The first-order valence-corrected chi connectivity index (χ1v) is 7.87. The minimum absolute atomic E-state index is 0.305. The highest BCUT2D eigenvalue weighted by molar-refractivity contribution is 5.95. The number of halogens is 4. The number of benzene rings is 1. The Bertz CT molecular complexity index is 879. The summed E-state index contributed by atoms with van der Waals surface area (Å²) in [7, 11) is 0. The molecule has 1 aromatic heterocycles. The van der Waals surface area contributed by atoms with Crippen molar-refractivity contribution in [1.29, 1.82) is 0 Å². The van der Waals surface area contributed by atoms with Crippen LogP contribution in [0.4, 0.5) is 17.6 Å². The number of rotatable bonds is 3. The van der Waals surface area contributed by atoms with Gasteiger partial charge in [0.15, 0.2) is 0 Å². The number of alkyl halides is 3. The fourth-order valence-corrected chi connectivity index (χ4v) is 2.56. The van der Waals surface area contributed by atoms with Crippen LogP contribution in [0.2, 0.25) is 0 Å². The molecule has 25 heavy (non-hydrogen) atoms. The Balaban J connectivity index is 2.01. The third-order valence-electron chi connectivity index (χ3n) is 4.05. The quantitative estimate of drug-likeness (QED) is 0.766. The molecule has 0 saturated heterocycles. The number of nitrogens with zero attached hydrogens (tertiary/aromatic N) is 2. The van der Waals surface area contributed by atoms with Crippen LogP contribution in [0.1, 0.15) is 34.3 Å². The van der Waals surface area contributed by atoms with Gasteiger partial charge in [0.2, 0.25) is 0 Å². The van der Waals surface area contributed by atoms with Gasteiger partial charge in [-0.25, -0.2) is 4.39 Å². The molecule has 1 heterocycles. The maximum absolute atomic E-state index is 14.1. The van der Waals surface area contributed by atoms with Gasteiger partial charge in [-0.05, 0) is 49.4 Å². The highest BCUT2D eigenvalue weighted by Gasteiger charge is 2.35. The lowest BCUT2D eigenvalue weighted by molar-refractivity contribution is -0.140. The fourth-order valence-electron chi connectivity index (χ4n) is 2.56. The summed E-state index contributed by atoms with van der Waals surface area (Å²) in [6, 6.07) is 5.97. The Hall–Kier alpha value is -2.44. The van der Waals surface area contributed by atoms with Gasteiger partial charge in [-0.15, -0.1) is 0 Å². The molecule has 0 N–H and O–H groups in total. The van der Waals surface area contributed by atoms with Crippen molar-refractivity contribution in [2.24, 2.45) is 10.9 Å². The third kappa shape index (κ3) is 3.97. The van der Waals surface area contributed by atoms with Crippen LogP contribution in [-0.2, 0) is 12.7 Å². The van der Waals surface area contributed by atoms with Gasteiger partial charge in [-0.2, -0.15) is 18.2 Å². The highest BCUT2D eigenvalue weighted by Crippen LogP contribution is 2.32. The third-order valence-corrected chi connectivity index (χ3v) is 4.05. The Labute approximate surface area is 141 Å². The molecule has 0 radical (unpaired) electrons. The van der Waals surface area contributed by atoms with Crippen LogP contribution in [0.3, 0.4) is 0 Å². The zero-order valence-electron chi connectivity index (χ0n) is 13.5. The first-order chi connectivity index (χ1) is 11.8. The van der Waals surface area contributed by atoms with E-state index in [1.165, 1.54) is 0 Å². The van der Waals surface area contributed by atoms with Gasteiger partial charge in [0.1, 0.15) is 11.3 Å². The second-order valence-electron chi connectivity index (χ2n) is 6.24. The van der Waals surface area contributed by atoms with Crippen molar-refractivity contribution in [3.8, 4) is 0 Å². The predicted molar refractivity (Wildman–Crippen MR) is 83.2 cm³/mol. The van der Waals surface area contributed by atoms with Crippen molar-refractivity contribution in [3.05, 3.63) is 64.5 Å². The summed E-state index contributed by atoms with van der Waals surface area (Å²) in [4.78, 5) is 16.1. The van der Waals surface area contributed by atoms with Crippen molar-refractivity contribution in [2.75, 3.05) is 0 Å². The molecule has 3 rings (SSSR count). The summed E-state index contributed by atoms with van der Waals surface area (Å²) in [6.07, 6.45) is -0.851. The Morgan fingerprint density at radius 1 is 1.24 bits per heavy atom. The first kappa shape index (κ1) is 17.4. The Morgan fingerprint density at radius 3 is 2.60 bits per heavy atom. The van der Waals surface area contributed by atoms with E-state index < -0.39 is 29.0 Å². The van der Waals surface area contributed by atoms with E-state index in [4.69, 9.17) is 0 Å². The number of aryl methyl sites for hydroxylation is 1. The fraction of sp³-hybridized carbons (Fsp3) is 0.333. The maximum Gasteiger partial charge on any atom is 0.419 e. The Kier molecular flexibility index (Phi) is 4.49. The molecule has 0 bridgehead atoms. The molecule has 1 fully saturated rings. The van der Waals surface area contributed by atoms with Crippen molar-refractivity contribution >= 4 is 5.91 Å². The standard InChI is InChI=1S/C18H16F4N2O/c1-11-5-8-15(24(9-11)10-12-6-7-12)23-17(25)13-3-2-4-14(16(13)19)18(20,21)22/h2-5,8-9,12H,6-7,10H2,1H3. The molecular weight excluding hydrogens is 336 g/mol. The number of aromatic nitrogens is 1. The van der Waals surface area contributed by atoms with E-state index in [-0.39, 0.29) is 0 Å². The number of hydrogen-bond donors (Lipinski definition) is 0. The van der Waals surface area contributed by atoms with Crippen LogP contribution >= 0.6 is 0 Å². The van der Waals surface area contributed by atoms with Crippen LogP contribution in [0, 0.1) is 18.7 Å². The molecule has 3 nitrogen and oxygen atoms in total. The molecular formula is C18H16F4N2O. The number of carbonyl (C=O) groups is 1.